The molecule has 0 unspecified atom stereocenters. The maximum absolute atomic E-state index is 13.4. The van der Waals surface area contributed by atoms with Gasteiger partial charge >= 0.3 is 0 Å². The molecule has 0 fully saturated rings. The summed E-state index contributed by atoms with van der Waals surface area (Å²) in [6.45, 7) is 2.12. The Balaban J connectivity index is 1.88. The minimum Gasteiger partial charge on any atom is -0.497 e. The minimum absolute atomic E-state index is 0.148. The molecule has 1 amide bonds. The van der Waals surface area contributed by atoms with E-state index in [2.05, 4.69) is 0 Å². The van der Waals surface area contributed by atoms with E-state index < -0.39 is 6.04 Å². The average Bonchev–Trinajstić information content (AvgIpc) is 2.74. The monoisotopic (exact) mass is 404 g/mol. The molecule has 154 valence electrons. The Morgan fingerprint density at radius 3 is 2.47 bits per heavy atom. The molecule has 0 radical (unpaired) electrons. The van der Waals surface area contributed by atoms with Gasteiger partial charge in [-0.05, 0) is 36.8 Å². The third kappa shape index (κ3) is 3.32. The number of amides is 1. The van der Waals surface area contributed by atoms with E-state index in [1.165, 1.54) is 4.57 Å². The van der Waals surface area contributed by atoms with Gasteiger partial charge in [0, 0.05) is 20.3 Å². The number of hydrogen-bond acceptors (Lipinski definition) is 5. The molecular weight excluding hydrogens is 380 g/mol. The first-order valence-corrected chi connectivity index (χ1v) is 9.75. The Morgan fingerprint density at radius 2 is 1.80 bits per heavy atom. The molecule has 0 aliphatic carbocycles. The highest BCUT2D eigenvalue weighted by Gasteiger charge is 2.36. The summed E-state index contributed by atoms with van der Waals surface area (Å²) in [4.78, 5) is 34.9. The first-order valence-electron chi connectivity index (χ1n) is 9.75. The third-order valence-corrected chi connectivity index (χ3v) is 5.22. The van der Waals surface area contributed by atoms with Crippen molar-refractivity contribution in [1.82, 2.24) is 19.4 Å². The minimum atomic E-state index is -0.651. The van der Waals surface area contributed by atoms with E-state index in [0.717, 1.165) is 11.3 Å². The summed E-state index contributed by atoms with van der Waals surface area (Å²) < 4.78 is 6.73. The fourth-order valence-electron chi connectivity index (χ4n) is 3.71. The highest BCUT2D eigenvalue weighted by Crippen LogP contribution is 2.31. The summed E-state index contributed by atoms with van der Waals surface area (Å²) in [5.74, 6) is 1.10. The Labute approximate surface area is 174 Å². The van der Waals surface area contributed by atoms with Crippen molar-refractivity contribution in [2.75, 3.05) is 21.2 Å². The van der Waals surface area contributed by atoms with Crippen LogP contribution in [0.4, 0.5) is 0 Å². The molecule has 30 heavy (non-hydrogen) atoms. The summed E-state index contributed by atoms with van der Waals surface area (Å²) in [6, 6.07) is 14.2. The standard InChI is InChI=1S/C23H24N4O3/c1-15-22(28)26(13-16-9-11-17(30-4)12-10-16)20(14-25(2)3)21-24-19-8-6-5-7-18(19)23(29)27(15)21/h5-12,14-15H,13H2,1-4H3/b20-14+/t15-/m0/s1. The highest BCUT2D eigenvalue weighted by atomic mass is 16.5. The maximum atomic E-state index is 13.4. The topological polar surface area (TPSA) is 67.7 Å². The summed E-state index contributed by atoms with van der Waals surface area (Å²) >= 11 is 0. The number of carbonyl (C=O) groups is 1. The lowest BCUT2D eigenvalue weighted by molar-refractivity contribution is -0.132. The van der Waals surface area contributed by atoms with Crippen LogP contribution < -0.4 is 10.3 Å². The normalized spacial score (nSPS) is 17.3. The smallest absolute Gasteiger partial charge is 0.262 e. The molecule has 7 nitrogen and oxygen atoms in total. The lowest BCUT2D eigenvalue weighted by atomic mass is 10.1. The molecule has 0 saturated carbocycles. The molecule has 3 aromatic rings. The van der Waals surface area contributed by atoms with Gasteiger partial charge in [-0.3, -0.25) is 14.2 Å². The van der Waals surface area contributed by atoms with E-state index in [-0.39, 0.29) is 11.5 Å². The first-order chi connectivity index (χ1) is 14.4. The van der Waals surface area contributed by atoms with Gasteiger partial charge in [0.15, 0.2) is 5.82 Å². The number of fused-ring (bicyclic) bond motifs is 2. The number of carbonyl (C=O) groups excluding carboxylic acids is 1. The zero-order valence-corrected chi connectivity index (χ0v) is 17.5. The molecule has 2 aromatic carbocycles. The van der Waals surface area contributed by atoms with Gasteiger partial charge in [0.2, 0.25) is 5.91 Å². The number of benzene rings is 2. The zero-order chi connectivity index (χ0) is 21.4. The molecule has 1 aliphatic heterocycles. The number of ether oxygens (including phenoxy) is 1. The van der Waals surface area contributed by atoms with Gasteiger partial charge < -0.3 is 14.5 Å². The second-order valence-electron chi connectivity index (χ2n) is 7.55. The second-order valence-corrected chi connectivity index (χ2v) is 7.55. The van der Waals surface area contributed by atoms with Crippen molar-refractivity contribution >= 4 is 22.5 Å². The molecule has 0 N–H and O–H groups in total. The third-order valence-electron chi connectivity index (χ3n) is 5.22. The number of nitrogens with zero attached hydrogens (tertiary/aromatic N) is 4. The Morgan fingerprint density at radius 1 is 1.10 bits per heavy atom. The summed E-state index contributed by atoms with van der Waals surface area (Å²) in [6.07, 6.45) is 1.83. The maximum Gasteiger partial charge on any atom is 0.262 e. The van der Waals surface area contributed by atoms with Crippen LogP contribution in [0.2, 0.25) is 0 Å². The second kappa shape index (κ2) is 7.67. The van der Waals surface area contributed by atoms with E-state index in [9.17, 15) is 9.59 Å². The van der Waals surface area contributed by atoms with E-state index in [0.29, 0.717) is 29.0 Å². The molecule has 1 aliphatic rings. The van der Waals surface area contributed by atoms with Crippen molar-refractivity contribution in [3.05, 3.63) is 76.5 Å². The molecule has 2 heterocycles. The Bertz CT molecular complexity index is 1200. The van der Waals surface area contributed by atoms with Gasteiger partial charge in [-0.15, -0.1) is 0 Å². The van der Waals surface area contributed by atoms with Crippen molar-refractivity contribution in [3.8, 4) is 5.75 Å². The van der Waals surface area contributed by atoms with Crippen LogP contribution in [0.25, 0.3) is 16.6 Å². The molecular formula is C23H24N4O3. The summed E-state index contributed by atoms with van der Waals surface area (Å²) in [5.41, 5.74) is 1.97. The van der Waals surface area contributed by atoms with Gasteiger partial charge in [0.1, 0.15) is 17.5 Å². The van der Waals surface area contributed by atoms with Crippen LogP contribution in [-0.4, -0.2) is 46.5 Å². The lowest BCUT2D eigenvalue weighted by Gasteiger charge is -2.35. The van der Waals surface area contributed by atoms with Crippen molar-refractivity contribution in [3.63, 3.8) is 0 Å². The van der Waals surface area contributed by atoms with Gasteiger partial charge in [-0.1, -0.05) is 24.3 Å². The van der Waals surface area contributed by atoms with Gasteiger partial charge in [0.05, 0.1) is 24.6 Å². The lowest BCUT2D eigenvalue weighted by Crippen LogP contribution is -2.45. The van der Waals surface area contributed by atoms with Gasteiger partial charge in [-0.25, -0.2) is 4.98 Å². The Kier molecular flexibility index (Phi) is 5.03. The van der Waals surface area contributed by atoms with E-state index in [1.54, 1.807) is 31.1 Å². The average molecular weight is 404 g/mol. The fourth-order valence-corrected chi connectivity index (χ4v) is 3.71. The largest absolute Gasteiger partial charge is 0.497 e. The van der Waals surface area contributed by atoms with Crippen molar-refractivity contribution in [2.24, 2.45) is 0 Å². The van der Waals surface area contributed by atoms with E-state index >= 15 is 0 Å². The van der Waals surface area contributed by atoms with E-state index in [1.807, 2.05) is 61.6 Å². The zero-order valence-electron chi connectivity index (χ0n) is 17.5. The molecule has 4 rings (SSSR count). The van der Waals surface area contributed by atoms with E-state index in [4.69, 9.17) is 9.72 Å². The number of hydrogen-bond donors (Lipinski definition) is 0. The number of methoxy groups -OCH3 is 1. The van der Waals surface area contributed by atoms with Crippen LogP contribution in [0.3, 0.4) is 0 Å². The molecule has 0 spiro atoms. The van der Waals surface area contributed by atoms with Crippen molar-refractivity contribution < 1.29 is 9.53 Å². The Hall–Kier alpha value is -3.61. The van der Waals surface area contributed by atoms with Crippen LogP contribution in [0, 0.1) is 0 Å². The predicted molar refractivity (Wildman–Crippen MR) is 116 cm³/mol. The molecule has 1 atom stereocenters. The molecule has 7 heteroatoms. The summed E-state index contributed by atoms with van der Waals surface area (Å²) in [7, 11) is 5.38. The molecule has 0 bridgehead atoms. The summed E-state index contributed by atoms with van der Waals surface area (Å²) in [5, 5.41) is 0.508. The fraction of sp³-hybridized carbons (Fsp3) is 0.261. The van der Waals surface area contributed by atoms with Crippen LogP contribution in [0.5, 0.6) is 5.75 Å². The number of rotatable bonds is 4. The van der Waals surface area contributed by atoms with Gasteiger partial charge in [-0.2, -0.15) is 0 Å². The van der Waals surface area contributed by atoms with Crippen molar-refractivity contribution in [1.29, 1.82) is 0 Å². The number of para-hydroxylation sites is 1. The van der Waals surface area contributed by atoms with Crippen LogP contribution >= 0.6 is 0 Å². The molecule has 1 aromatic heterocycles. The van der Waals surface area contributed by atoms with Crippen LogP contribution in [-0.2, 0) is 11.3 Å². The van der Waals surface area contributed by atoms with Crippen molar-refractivity contribution in [2.45, 2.75) is 19.5 Å². The van der Waals surface area contributed by atoms with Crippen LogP contribution in [0.1, 0.15) is 24.4 Å². The van der Waals surface area contributed by atoms with Gasteiger partial charge in [0.25, 0.3) is 5.56 Å². The number of aromatic nitrogens is 2. The highest BCUT2D eigenvalue weighted by molar-refractivity contribution is 5.92. The SMILES string of the molecule is COc1ccc(CN2C(=O)[C@H](C)n3c(nc4ccccc4c3=O)/C2=C\N(C)C)cc1. The first kappa shape index (κ1) is 19.7. The van der Waals surface area contributed by atoms with Crippen LogP contribution in [0.15, 0.2) is 59.5 Å². The predicted octanol–water partition coefficient (Wildman–Crippen LogP) is 2.87. The molecule has 0 saturated heterocycles. The quantitative estimate of drug-likeness (QED) is 0.669.